The van der Waals surface area contributed by atoms with E-state index in [0.29, 0.717) is 16.9 Å². The van der Waals surface area contributed by atoms with Crippen molar-refractivity contribution < 1.29 is 9.21 Å². The summed E-state index contributed by atoms with van der Waals surface area (Å²) in [7, 11) is 0. The van der Waals surface area contributed by atoms with Gasteiger partial charge in [0.2, 0.25) is 0 Å². The molecule has 1 heterocycles. The van der Waals surface area contributed by atoms with Crippen LogP contribution in [0.2, 0.25) is 0 Å². The van der Waals surface area contributed by atoms with E-state index < -0.39 is 0 Å². The molecule has 0 radical (unpaired) electrons. The van der Waals surface area contributed by atoms with Gasteiger partial charge in [-0.15, -0.1) is 0 Å². The number of Topliss-reactive ketones (excluding diaryl/α,β-unsaturated/α-hetero) is 1. The standard InChI is InChI=1S/C15H14O2/c1-11(10-14-9-8-12(2)17-14)15(16)13-6-4-3-5-7-13/h3-10H,1-2H3/b11-10+. The molecule has 0 bridgehead atoms. The van der Waals surface area contributed by atoms with Gasteiger partial charge in [0.05, 0.1) is 0 Å². The van der Waals surface area contributed by atoms with E-state index in [4.69, 9.17) is 4.42 Å². The molecule has 0 fully saturated rings. The maximum Gasteiger partial charge on any atom is 0.188 e. The number of ketones is 1. The first-order valence-corrected chi connectivity index (χ1v) is 5.51. The third kappa shape index (κ3) is 2.72. The Kier molecular flexibility index (Phi) is 3.24. The quantitative estimate of drug-likeness (QED) is 0.587. The van der Waals surface area contributed by atoms with E-state index in [1.54, 1.807) is 13.0 Å². The largest absolute Gasteiger partial charge is 0.462 e. The smallest absolute Gasteiger partial charge is 0.188 e. The molecular formula is C15H14O2. The third-order valence-electron chi connectivity index (χ3n) is 2.51. The molecular weight excluding hydrogens is 212 g/mol. The number of rotatable bonds is 3. The Labute approximate surface area is 101 Å². The Morgan fingerprint density at radius 3 is 2.41 bits per heavy atom. The molecule has 2 rings (SSSR count). The van der Waals surface area contributed by atoms with Gasteiger partial charge in [-0.1, -0.05) is 30.3 Å². The molecule has 86 valence electrons. The van der Waals surface area contributed by atoms with Gasteiger partial charge >= 0.3 is 0 Å². The van der Waals surface area contributed by atoms with Gasteiger partial charge < -0.3 is 4.42 Å². The van der Waals surface area contributed by atoms with Crippen molar-refractivity contribution in [1.82, 2.24) is 0 Å². The fourth-order valence-corrected chi connectivity index (χ4v) is 1.63. The van der Waals surface area contributed by atoms with Crippen LogP contribution in [0.25, 0.3) is 6.08 Å². The fourth-order valence-electron chi connectivity index (χ4n) is 1.63. The van der Waals surface area contributed by atoms with Crippen molar-refractivity contribution in [2.45, 2.75) is 13.8 Å². The van der Waals surface area contributed by atoms with Gasteiger partial charge in [-0.3, -0.25) is 4.79 Å². The van der Waals surface area contributed by atoms with Crippen LogP contribution < -0.4 is 0 Å². The second-order valence-corrected chi connectivity index (χ2v) is 3.97. The molecule has 1 aromatic carbocycles. The first kappa shape index (κ1) is 11.4. The van der Waals surface area contributed by atoms with E-state index in [-0.39, 0.29) is 5.78 Å². The summed E-state index contributed by atoms with van der Waals surface area (Å²) in [5, 5.41) is 0. The molecule has 0 saturated heterocycles. The van der Waals surface area contributed by atoms with Crippen LogP contribution in [-0.4, -0.2) is 5.78 Å². The Hall–Kier alpha value is -2.09. The van der Waals surface area contributed by atoms with Crippen LogP contribution in [0, 0.1) is 6.92 Å². The van der Waals surface area contributed by atoms with Crippen LogP contribution in [0.3, 0.4) is 0 Å². The van der Waals surface area contributed by atoms with Crippen molar-refractivity contribution >= 4 is 11.9 Å². The Balaban J connectivity index is 2.23. The lowest BCUT2D eigenvalue weighted by atomic mass is 10.0. The minimum absolute atomic E-state index is 0.0275. The Bertz CT molecular complexity index is 547. The summed E-state index contributed by atoms with van der Waals surface area (Å²) in [6.45, 7) is 3.68. The molecule has 0 aliphatic heterocycles. The van der Waals surface area contributed by atoms with Crippen molar-refractivity contribution in [3.63, 3.8) is 0 Å². The Morgan fingerprint density at radius 2 is 1.82 bits per heavy atom. The summed E-state index contributed by atoms with van der Waals surface area (Å²) in [6, 6.07) is 13.0. The average Bonchev–Trinajstić information content (AvgIpc) is 2.75. The lowest BCUT2D eigenvalue weighted by Crippen LogP contribution is -1.99. The van der Waals surface area contributed by atoms with Crippen LogP contribution in [0.5, 0.6) is 0 Å². The molecule has 0 atom stereocenters. The van der Waals surface area contributed by atoms with Gasteiger partial charge in [0.15, 0.2) is 5.78 Å². The zero-order valence-corrected chi connectivity index (χ0v) is 9.94. The predicted octanol–water partition coefficient (Wildman–Crippen LogP) is 3.87. The molecule has 0 aliphatic carbocycles. The topological polar surface area (TPSA) is 30.2 Å². The average molecular weight is 226 g/mol. The van der Waals surface area contributed by atoms with E-state index in [2.05, 4.69) is 0 Å². The van der Waals surface area contributed by atoms with Gasteiger partial charge in [0.1, 0.15) is 11.5 Å². The molecule has 2 aromatic rings. The fraction of sp³-hybridized carbons (Fsp3) is 0.133. The lowest BCUT2D eigenvalue weighted by molar-refractivity contribution is 0.103. The summed E-state index contributed by atoms with van der Waals surface area (Å²) in [6.07, 6.45) is 1.77. The first-order chi connectivity index (χ1) is 8.16. The van der Waals surface area contributed by atoms with E-state index in [0.717, 1.165) is 5.76 Å². The van der Waals surface area contributed by atoms with Crippen LogP contribution in [-0.2, 0) is 0 Å². The van der Waals surface area contributed by atoms with Crippen molar-refractivity contribution in [3.8, 4) is 0 Å². The van der Waals surface area contributed by atoms with Crippen molar-refractivity contribution in [2.75, 3.05) is 0 Å². The van der Waals surface area contributed by atoms with Gasteiger partial charge in [-0.2, -0.15) is 0 Å². The minimum Gasteiger partial charge on any atom is -0.462 e. The summed E-state index contributed by atoms with van der Waals surface area (Å²) in [5.41, 5.74) is 1.37. The third-order valence-corrected chi connectivity index (χ3v) is 2.51. The SMILES string of the molecule is C/C(=C\c1ccc(C)o1)C(=O)c1ccccc1. The lowest BCUT2D eigenvalue weighted by Gasteiger charge is -1.99. The molecule has 0 amide bonds. The number of benzene rings is 1. The van der Waals surface area contributed by atoms with Gasteiger partial charge in [-0.25, -0.2) is 0 Å². The molecule has 2 heteroatoms. The van der Waals surface area contributed by atoms with Gasteiger partial charge in [0, 0.05) is 11.1 Å². The monoisotopic (exact) mass is 226 g/mol. The van der Waals surface area contributed by atoms with Crippen LogP contribution in [0.1, 0.15) is 28.8 Å². The van der Waals surface area contributed by atoms with Crippen molar-refractivity contribution in [1.29, 1.82) is 0 Å². The summed E-state index contributed by atoms with van der Waals surface area (Å²) >= 11 is 0. The number of carbonyl (C=O) groups is 1. The van der Waals surface area contributed by atoms with Crippen LogP contribution in [0.4, 0.5) is 0 Å². The maximum atomic E-state index is 12.0. The number of aryl methyl sites for hydroxylation is 1. The molecule has 17 heavy (non-hydrogen) atoms. The molecule has 2 nitrogen and oxygen atoms in total. The number of hydrogen-bond acceptors (Lipinski definition) is 2. The van der Waals surface area contributed by atoms with Crippen molar-refractivity contribution in [3.05, 3.63) is 65.1 Å². The van der Waals surface area contributed by atoms with Crippen LogP contribution >= 0.6 is 0 Å². The Morgan fingerprint density at radius 1 is 1.12 bits per heavy atom. The minimum atomic E-state index is 0.0275. The van der Waals surface area contributed by atoms with E-state index in [9.17, 15) is 4.79 Å². The highest BCUT2D eigenvalue weighted by molar-refractivity contribution is 6.10. The molecule has 0 saturated carbocycles. The summed E-state index contributed by atoms with van der Waals surface area (Å²) < 4.78 is 5.41. The predicted molar refractivity (Wildman–Crippen MR) is 67.9 cm³/mol. The maximum absolute atomic E-state index is 12.0. The first-order valence-electron chi connectivity index (χ1n) is 5.51. The number of allylic oxidation sites excluding steroid dienone is 1. The zero-order valence-electron chi connectivity index (χ0n) is 9.94. The van der Waals surface area contributed by atoms with E-state index in [1.165, 1.54) is 0 Å². The summed E-state index contributed by atoms with van der Waals surface area (Å²) in [4.78, 5) is 12.0. The molecule has 1 aromatic heterocycles. The van der Waals surface area contributed by atoms with E-state index in [1.807, 2.05) is 49.4 Å². The second kappa shape index (κ2) is 4.83. The van der Waals surface area contributed by atoms with E-state index >= 15 is 0 Å². The van der Waals surface area contributed by atoms with Crippen molar-refractivity contribution in [2.24, 2.45) is 0 Å². The molecule has 0 unspecified atom stereocenters. The molecule has 0 aliphatic rings. The highest BCUT2D eigenvalue weighted by atomic mass is 16.3. The van der Waals surface area contributed by atoms with Gasteiger partial charge in [-0.05, 0) is 32.1 Å². The number of furan rings is 1. The zero-order chi connectivity index (χ0) is 12.3. The second-order valence-electron chi connectivity index (χ2n) is 3.97. The normalized spacial score (nSPS) is 11.5. The highest BCUT2D eigenvalue weighted by Crippen LogP contribution is 2.14. The number of carbonyl (C=O) groups excluding carboxylic acids is 1. The summed E-state index contributed by atoms with van der Waals surface area (Å²) in [5.74, 6) is 1.58. The highest BCUT2D eigenvalue weighted by Gasteiger charge is 2.07. The number of hydrogen-bond donors (Lipinski definition) is 0. The molecule has 0 spiro atoms. The van der Waals surface area contributed by atoms with Crippen LogP contribution in [0.15, 0.2) is 52.5 Å². The van der Waals surface area contributed by atoms with Gasteiger partial charge in [0.25, 0.3) is 0 Å². The molecule has 0 N–H and O–H groups in total.